The van der Waals surface area contributed by atoms with Crippen LogP contribution in [0.5, 0.6) is 0 Å². The first-order valence-electron chi connectivity index (χ1n) is 8.91. The summed E-state index contributed by atoms with van der Waals surface area (Å²) < 4.78 is 12.9. The van der Waals surface area contributed by atoms with Gasteiger partial charge in [0.05, 0.1) is 6.10 Å². The molecule has 2 saturated carbocycles. The summed E-state index contributed by atoms with van der Waals surface area (Å²) in [4.78, 5) is 26.1. The Labute approximate surface area is 147 Å². The first-order valence-corrected chi connectivity index (χ1v) is 8.91. The highest BCUT2D eigenvalue weighted by atomic mass is 19.1. The summed E-state index contributed by atoms with van der Waals surface area (Å²) in [6.07, 6.45) is 3.72. The lowest BCUT2D eigenvalue weighted by atomic mass is 10.0. The van der Waals surface area contributed by atoms with Crippen molar-refractivity contribution in [2.45, 2.75) is 44.2 Å². The van der Waals surface area contributed by atoms with Crippen molar-refractivity contribution in [1.82, 2.24) is 10.2 Å². The molecule has 2 N–H and O–H groups in total. The largest absolute Gasteiger partial charge is 0.393 e. The van der Waals surface area contributed by atoms with E-state index in [-0.39, 0.29) is 42.7 Å². The Morgan fingerprint density at radius 3 is 2.36 bits per heavy atom. The summed E-state index contributed by atoms with van der Waals surface area (Å²) in [5.41, 5.74) is 0.379. The lowest BCUT2D eigenvalue weighted by molar-refractivity contribution is -0.131. The molecule has 2 amide bonds. The maximum atomic E-state index is 12.9. The SMILES string of the molecule is CN(C(=O)CCNC(=O)c1ccc(F)cc1)C1C[C@H]2CC(O)C[C@H]2C1. The summed E-state index contributed by atoms with van der Waals surface area (Å²) in [5, 5.41) is 12.4. The van der Waals surface area contributed by atoms with Gasteiger partial charge in [-0.3, -0.25) is 9.59 Å². The third-order valence-electron chi connectivity index (χ3n) is 5.64. The number of hydrogen-bond donors (Lipinski definition) is 2. The standard InChI is InChI=1S/C19H25FN2O3/c1-22(16-8-13-10-17(23)11-14(13)9-16)18(24)6-7-21-19(25)12-2-4-15(20)5-3-12/h2-5,13-14,16-17,23H,6-11H2,1H3,(H,21,25)/t13-,14+,16?,17?. The van der Waals surface area contributed by atoms with Gasteiger partial charge in [-0.15, -0.1) is 0 Å². The molecule has 5 nitrogen and oxygen atoms in total. The maximum Gasteiger partial charge on any atom is 0.251 e. The third-order valence-corrected chi connectivity index (χ3v) is 5.64. The predicted octanol–water partition coefficient (Wildman–Crippen LogP) is 1.95. The first-order chi connectivity index (χ1) is 11.9. The molecule has 0 aliphatic heterocycles. The summed E-state index contributed by atoms with van der Waals surface area (Å²) >= 11 is 0. The van der Waals surface area contributed by atoms with E-state index in [1.165, 1.54) is 24.3 Å². The molecule has 25 heavy (non-hydrogen) atoms. The van der Waals surface area contributed by atoms with Gasteiger partial charge >= 0.3 is 0 Å². The molecule has 136 valence electrons. The normalized spacial score (nSPS) is 27.8. The van der Waals surface area contributed by atoms with Crippen LogP contribution in [0.15, 0.2) is 24.3 Å². The highest BCUT2D eigenvalue weighted by Gasteiger charge is 2.42. The molecule has 4 atom stereocenters. The summed E-state index contributed by atoms with van der Waals surface area (Å²) in [6.45, 7) is 0.262. The molecule has 0 heterocycles. The molecule has 2 aliphatic carbocycles. The van der Waals surface area contributed by atoms with Gasteiger partial charge in [0, 0.05) is 31.6 Å². The minimum Gasteiger partial charge on any atom is -0.393 e. The van der Waals surface area contributed by atoms with Gasteiger partial charge in [0.25, 0.3) is 5.91 Å². The number of rotatable bonds is 5. The zero-order valence-corrected chi connectivity index (χ0v) is 14.5. The Morgan fingerprint density at radius 2 is 1.76 bits per heavy atom. The van der Waals surface area contributed by atoms with Gasteiger partial charge in [0.1, 0.15) is 5.82 Å². The van der Waals surface area contributed by atoms with E-state index in [0.29, 0.717) is 17.4 Å². The van der Waals surface area contributed by atoms with Gasteiger partial charge in [0.2, 0.25) is 5.91 Å². The number of amides is 2. The number of hydrogen-bond acceptors (Lipinski definition) is 3. The fraction of sp³-hybridized carbons (Fsp3) is 0.579. The fourth-order valence-electron chi connectivity index (χ4n) is 4.24. The molecule has 1 aromatic carbocycles. The van der Waals surface area contributed by atoms with E-state index in [9.17, 15) is 19.1 Å². The minimum absolute atomic E-state index is 0.0185. The molecule has 0 saturated heterocycles. The number of halogens is 1. The van der Waals surface area contributed by atoms with Crippen molar-refractivity contribution >= 4 is 11.8 Å². The molecule has 0 spiro atoms. The average molecular weight is 348 g/mol. The quantitative estimate of drug-likeness (QED) is 0.855. The van der Waals surface area contributed by atoms with E-state index in [1.54, 1.807) is 4.90 Å². The average Bonchev–Trinajstić information content (AvgIpc) is 3.11. The number of nitrogens with zero attached hydrogens (tertiary/aromatic N) is 1. The van der Waals surface area contributed by atoms with Crippen LogP contribution in [0.2, 0.25) is 0 Å². The Balaban J connectivity index is 1.42. The number of carbonyl (C=O) groups is 2. The second-order valence-corrected chi connectivity index (χ2v) is 7.29. The zero-order chi connectivity index (χ0) is 18.0. The molecular weight excluding hydrogens is 323 g/mol. The Morgan fingerprint density at radius 1 is 1.16 bits per heavy atom. The molecule has 3 rings (SSSR count). The summed E-state index contributed by atoms with van der Waals surface area (Å²) in [5.74, 6) is 0.397. The van der Waals surface area contributed by atoms with E-state index >= 15 is 0 Å². The van der Waals surface area contributed by atoms with Gasteiger partial charge in [0.15, 0.2) is 0 Å². The van der Waals surface area contributed by atoms with Gasteiger partial charge in [-0.1, -0.05) is 0 Å². The molecule has 2 unspecified atom stereocenters. The minimum atomic E-state index is -0.387. The van der Waals surface area contributed by atoms with Crippen LogP contribution in [0.4, 0.5) is 4.39 Å². The molecule has 0 aromatic heterocycles. The summed E-state index contributed by atoms with van der Waals surface area (Å²) in [7, 11) is 1.83. The smallest absolute Gasteiger partial charge is 0.251 e. The van der Waals surface area contributed by atoms with Crippen molar-refractivity contribution in [2.75, 3.05) is 13.6 Å². The van der Waals surface area contributed by atoms with Crippen LogP contribution in [-0.4, -0.2) is 47.6 Å². The van der Waals surface area contributed by atoms with Crippen LogP contribution in [0.1, 0.15) is 42.5 Å². The first kappa shape index (κ1) is 17.9. The van der Waals surface area contributed by atoms with Crippen LogP contribution >= 0.6 is 0 Å². The Kier molecular flexibility index (Phi) is 5.37. The molecular formula is C19H25FN2O3. The molecule has 0 bridgehead atoms. The second-order valence-electron chi connectivity index (χ2n) is 7.29. The summed E-state index contributed by atoms with van der Waals surface area (Å²) in [6, 6.07) is 5.56. The van der Waals surface area contributed by atoms with Crippen molar-refractivity contribution in [3.63, 3.8) is 0 Å². The Hall–Kier alpha value is -1.95. The van der Waals surface area contributed by atoms with Crippen molar-refractivity contribution < 1.29 is 19.1 Å². The number of nitrogens with one attached hydrogen (secondary N) is 1. The van der Waals surface area contributed by atoms with E-state index < -0.39 is 0 Å². The van der Waals surface area contributed by atoms with Crippen molar-refractivity contribution in [2.24, 2.45) is 11.8 Å². The van der Waals surface area contributed by atoms with E-state index in [1.807, 2.05) is 7.05 Å². The highest BCUT2D eigenvalue weighted by Crippen LogP contribution is 2.45. The number of aliphatic hydroxyl groups is 1. The van der Waals surface area contributed by atoms with Gasteiger partial charge < -0.3 is 15.3 Å². The fourth-order valence-corrected chi connectivity index (χ4v) is 4.24. The van der Waals surface area contributed by atoms with E-state index in [0.717, 1.165) is 25.7 Å². The van der Waals surface area contributed by atoms with Crippen molar-refractivity contribution in [1.29, 1.82) is 0 Å². The monoisotopic (exact) mass is 348 g/mol. The zero-order valence-electron chi connectivity index (χ0n) is 14.5. The van der Waals surface area contributed by atoms with E-state index in [2.05, 4.69) is 5.32 Å². The number of aliphatic hydroxyl groups excluding tert-OH is 1. The maximum absolute atomic E-state index is 12.9. The topological polar surface area (TPSA) is 69.6 Å². The Bertz CT molecular complexity index is 620. The molecule has 2 fully saturated rings. The predicted molar refractivity (Wildman–Crippen MR) is 91.4 cm³/mol. The van der Waals surface area contributed by atoms with Crippen LogP contribution in [-0.2, 0) is 4.79 Å². The number of fused-ring (bicyclic) bond motifs is 1. The molecule has 1 aromatic rings. The number of carbonyl (C=O) groups excluding carboxylic acids is 2. The highest BCUT2D eigenvalue weighted by molar-refractivity contribution is 5.94. The molecule has 6 heteroatoms. The lowest BCUT2D eigenvalue weighted by Gasteiger charge is -2.25. The lowest BCUT2D eigenvalue weighted by Crippen LogP contribution is -2.38. The molecule has 0 radical (unpaired) electrons. The van der Waals surface area contributed by atoms with Gasteiger partial charge in [-0.05, 0) is 61.8 Å². The van der Waals surface area contributed by atoms with Crippen molar-refractivity contribution in [3.05, 3.63) is 35.6 Å². The van der Waals surface area contributed by atoms with Crippen LogP contribution in [0, 0.1) is 17.7 Å². The van der Waals surface area contributed by atoms with Gasteiger partial charge in [-0.25, -0.2) is 4.39 Å². The van der Waals surface area contributed by atoms with E-state index in [4.69, 9.17) is 0 Å². The third kappa shape index (κ3) is 4.18. The van der Waals surface area contributed by atoms with Crippen LogP contribution in [0.3, 0.4) is 0 Å². The second kappa shape index (κ2) is 7.52. The number of benzene rings is 1. The van der Waals surface area contributed by atoms with Crippen molar-refractivity contribution in [3.8, 4) is 0 Å². The van der Waals surface area contributed by atoms with Gasteiger partial charge in [-0.2, -0.15) is 0 Å². The van der Waals surface area contributed by atoms with Crippen LogP contribution in [0.25, 0.3) is 0 Å². The van der Waals surface area contributed by atoms with Crippen LogP contribution < -0.4 is 5.32 Å². The molecule has 2 aliphatic rings.